The largest absolute Gasteiger partial charge is 0.364 e. The van der Waals surface area contributed by atoms with Crippen molar-refractivity contribution in [1.82, 2.24) is 9.78 Å². The number of carbonyl (C=O) groups excluding carboxylic acids is 1. The van der Waals surface area contributed by atoms with Crippen molar-refractivity contribution >= 4 is 40.7 Å². The molecule has 0 saturated heterocycles. The average molecular weight is 381 g/mol. The van der Waals surface area contributed by atoms with E-state index in [4.69, 9.17) is 40.5 Å². The summed E-state index contributed by atoms with van der Waals surface area (Å²) in [7, 11) is 0. The Hall–Kier alpha value is -2.01. The molecule has 4 nitrogen and oxygen atoms in total. The zero-order valence-electron chi connectivity index (χ0n) is 12.3. The molecule has 0 unspecified atom stereocenters. The zero-order valence-corrected chi connectivity index (χ0v) is 14.6. The summed E-state index contributed by atoms with van der Waals surface area (Å²) in [6, 6.07) is 14.1. The fourth-order valence-corrected chi connectivity index (χ4v) is 2.92. The lowest BCUT2D eigenvalue weighted by atomic mass is 10.1. The topological polar surface area (TPSA) is 60.9 Å². The van der Waals surface area contributed by atoms with E-state index >= 15 is 0 Å². The van der Waals surface area contributed by atoms with Crippen LogP contribution in [0.3, 0.4) is 0 Å². The molecular formula is C17H12Cl3N3O. The second-order valence-electron chi connectivity index (χ2n) is 5.18. The van der Waals surface area contributed by atoms with Crippen LogP contribution in [0.2, 0.25) is 15.1 Å². The van der Waals surface area contributed by atoms with Crippen molar-refractivity contribution in [2.45, 2.75) is 6.54 Å². The minimum absolute atomic E-state index is 0.185. The first-order valence-electron chi connectivity index (χ1n) is 7.01. The Morgan fingerprint density at radius 3 is 2.29 bits per heavy atom. The van der Waals surface area contributed by atoms with Gasteiger partial charge in [-0.2, -0.15) is 5.10 Å². The van der Waals surface area contributed by atoms with Crippen molar-refractivity contribution in [1.29, 1.82) is 0 Å². The van der Waals surface area contributed by atoms with Gasteiger partial charge in [-0.25, -0.2) is 0 Å². The number of benzene rings is 2. The van der Waals surface area contributed by atoms with Gasteiger partial charge >= 0.3 is 0 Å². The Balaban J connectivity index is 2.05. The number of nitrogens with zero attached hydrogens (tertiary/aromatic N) is 2. The van der Waals surface area contributed by atoms with Crippen LogP contribution in [0.1, 0.15) is 16.1 Å². The third kappa shape index (κ3) is 3.56. The lowest BCUT2D eigenvalue weighted by molar-refractivity contribution is 0.0995. The smallest absolute Gasteiger partial charge is 0.269 e. The van der Waals surface area contributed by atoms with Crippen molar-refractivity contribution in [2.24, 2.45) is 5.73 Å². The molecule has 0 atom stereocenters. The maximum Gasteiger partial charge on any atom is 0.269 e. The Kier molecular flexibility index (Phi) is 4.81. The van der Waals surface area contributed by atoms with Crippen molar-refractivity contribution in [3.63, 3.8) is 0 Å². The summed E-state index contributed by atoms with van der Waals surface area (Å²) in [6.45, 7) is 0.376. The van der Waals surface area contributed by atoms with Crippen LogP contribution in [0.15, 0.2) is 48.5 Å². The van der Waals surface area contributed by atoms with Crippen LogP contribution in [0.25, 0.3) is 11.3 Å². The van der Waals surface area contributed by atoms with Gasteiger partial charge in [0.2, 0.25) is 0 Å². The average Bonchev–Trinajstić information content (AvgIpc) is 2.95. The summed E-state index contributed by atoms with van der Waals surface area (Å²) in [5, 5.41) is 5.99. The van der Waals surface area contributed by atoms with Crippen LogP contribution in [0.5, 0.6) is 0 Å². The monoisotopic (exact) mass is 379 g/mol. The van der Waals surface area contributed by atoms with Gasteiger partial charge in [-0.05, 0) is 41.5 Å². The highest BCUT2D eigenvalue weighted by Crippen LogP contribution is 2.26. The molecule has 2 N–H and O–H groups in total. The van der Waals surface area contributed by atoms with Gasteiger partial charge in [0.25, 0.3) is 5.91 Å². The van der Waals surface area contributed by atoms with Crippen molar-refractivity contribution < 1.29 is 4.79 Å². The Morgan fingerprint density at radius 1 is 1.00 bits per heavy atom. The first kappa shape index (κ1) is 16.8. The standard InChI is InChI=1S/C17H12Cl3N3O/c18-12-4-1-10(2-5-12)16-8-15(17(21)24)22-23(16)9-11-3-6-13(19)7-14(11)20/h1-8H,9H2,(H2,21,24). The van der Waals surface area contributed by atoms with Crippen LogP contribution in [-0.4, -0.2) is 15.7 Å². The molecule has 7 heteroatoms. The number of primary amides is 1. The SMILES string of the molecule is NC(=O)c1cc(-c2ccc(Cl)cc2)n(Cc2ccc(Cl)cc2Cl)n1. The van der Waals surface area contributed by atoms with Gasteiger partial charge in [0.15, 0.2) is 5.69 Å². The molecular weight excluding hydrogens is 369 g/mol. The zero-order chi connectivity index (χ0) is 17.3. The molecule has 24 heavy (non-hydrogen) atoms. The first-order chi connectivity index (χ1) is 11.4. The third-order valence-electron chi connectivity index (χ3n) is 3.51. The molecule has 1 amide bonds. The van der Waals surface area contributed by atoms with Gasteiger partial charge in [-0.15, -0.1) is 0 Å². The van der Waals surface area contributed by atoms with E-state index in [0.29, 0.717) is 21.6 Å². The Bertz CT molecular complexity index is 904. The Morgan fingerprint density at radius 2 is 1.67 bits per heavy atom. The van der Waals surface area contributed by atoms with Gasteiger partial charge in [0, 0.05) is 15.1 Å². The highest BCUT2D eigenvalue weighted by Gasteiger charge is 2.15. The summed E-state index contributed by atoms with van der Waals surface area (Å²) in [4.78, 5) is 11.5. The molecule has 3 rings (SSSR count). The second-order valence-corrected chi connectivity index (χ2v) is 6.46. The number of nitrogens with two attached hydrogens (primary N) is 1. The molecule has 122 valence electrons. The highest BCUT2D eigenvalue weighted by molar-refractivity contribution is 6.35. The molecule has 0 bridgehead atoms. The maximum atomic E-state index is 11.5. The number of amides is 1. The predicted molar refractivity (Wildman–Crippen MR) is 96.8 cm³/mol. The van der Waals surface area contributed by atoms with Crippen LogP contribution < -0.4 is 5.73 Å². The number of hydrogen-bond acceptors (Lipinski definition) is 2. The number of halogens is 3. The van der Waals surface area contributed by atoms with Crippen LogP contribution in [0.4, 0.5) is 0 Å². The predicted octanol–water partition coefficient (Wildman–Crippen LogP) is 4.66. The second kappa shape index (κ2) is 6.85. The number of rotatable bonds is 4. The summed E-state index contributed by atoms with van der Waals surface area (Å²) >= 11 is 18.1. The summed E-state index contributed by atoms with van der Waals surface area (Å²) < 4.78 is 1.68. The lowest BCUT2D eigenvalue weighted by Crippen LogP contribution is -2.13. The molecule has 1 aromatic heterocycles. The van der Waals surface area contributed by atoms with Crippen molar-refractivity contribution in [3.8, 4) is 11.3 Å². The van der Waals surface area contributed by atoms with E-state index in [0.717, 1.165) is 16.8 Å². The van der Waals surface area contributed by atoms with E-state index in [-0.39, 0.29) is 5.69 Å². The lowest BCUT2D eigenvalue weighted by Gasteiger charge is -2.09. The Labute approximate surface area is 153 Å². The van der Waals surface area contributed by atoms with Crippen LogP contribution in [0, 0.1) is 0 Å². The van der Waals surface area contributed by atoms with Gasteiger partial charge < -0.3 is 5.73 Å². The van der Waals surface area contributed by atoms with Crippen molar-refractivity contribution in [2.75, 3.05) is 0 Å². The molecule has 0 aliphatic heterocycles. The minimum Gasteiger partial charge on any atom is -0.364 e. The molecule has 0 radical (unpaired) electrons. The van der Waals surface area contributed by atoms with E-state index in [1.54, 1.807) is 35.0 Å². The van der Waals surface area contributed by atoms with E-state index in [9.17, 15) is 4.79 Å². The molecule has 0 saturated carbocycles. The molecule has 1 heterocycles. The molecule has 0 fully saturated rings. The number of carbonyl (C=O) groups is 1. The number of hydrogen-bond donors (Lipinski definition) is 1. The molecule has 3 aromatic rings. The number of aromatic nitrogens is 2. The molecule has 0 spiro atoms. The van der Waals surface area contributed by atoms with Gasteiger partial charge in [0.05, 0.1) is 12.2 Å². The van der Waals surface area contributed by atoms with Gasteiger partial charge in [0.1, 0.15) is 0 Å². The summed E-state index contributed by atoms with van der Waals surface area (Å²) in [5.41, 5.74) is 7.98. The van der Waals surface area contributed by atoms with E-state index in [1.807, 2.05) is 18.2 Å². The quantitative estimate of drug-likeness (QED) is 0.715. The van der Waals surface area contributed by atoms with E-state index in [1.165, 1.54) is 0 Å². The minimum atomic E-state index is -0.592. The molecule has 2 aromatic carbocycles. The normalized spacial score (nSPS) is 10.8. The summed E-state index contributed by atoms with van der Waals surface area (Å²) in [6.07, 6.45) is 0. The maximum absolute atomic E-state index is 11.5. The summed E-state index contributed by atoms with van der Waals surface area (Å²) in [5.74, 6) is -0.592. The highest BCUT2D eigenvalue weighted by atomic mass is 35.5. The first-order valence-corrected chi connectivity index (χ1v) is 8.15. The van der Waals surface area contributed by atoms with Crippen LogP contribution >= 0.6 is 34.8 Å². The van der Waals surface area contributed by atoms with Gasteiger partial charge in [-0.3, -0.25) is 9.48 Å². The van der Waals surface area contributed by atoms with E-state index < -0.39 is 5.91 Å². The van der Waals surface area contributed by atoms with Gasteiger partial charge in [-0.1, -0.05) is 53.0 Å². The van der Waals surface area contributed by atoms with Crippen molar-refractivity contribution in [3.05, 3.63) is 74.9 Å². The molecule has 0 aliphatic carbocycles. The fourth-order valence-electron chi connectivity index (χ4n) is 2.32. The molecule has 0 aliphatic rings. The van der Waals surface area contributed by atoms with Crippen LogP contribution in [-0.2, 0) is 6.54 Å². The third-order valence-corrected chi connectivity index (χ3v) is 4.35. The fraction of sp³-hybridized carbons (Fsp3) is 0.0588. The van der Waals surface area contributed by atoms with E-state index in [2.05, 4.69) is 5.10 Å².